The number of imide groups is 1. The average Bonchev–Trinajstić information content (AvgIpc) is 3.13. The van der Waals surface area contributed by atoms with Gasteiger partial charge < -0.3 is 10.6 Å². The Labute approximate surface area is 241 Å². The molecule has 210 valence electrons. The smallest absolute Gasteiger partial charge is 0.324 e. The number of anilines is 1. The van der Waals surface area contributed by atoms with Crippen molar-refractivity contribution < 1.29 is 14.4 Å². The molecule has 2 N–H and O–H groups in total. The maximum Gasteiger partial charge on any atom is 0.324 e. The number of carbonyl (C=O) groups excluding carboxylic acids is 3. The summed E-state index contributed by atoms with van der Waals surface area (Å²) in [5.41, 5.74) is 1.12. The molecule has 2 aliphatic rings. The van der Waals surface area contributed by atoms with Crippen LogP contribution in [0.3, 0.4) is 0 Å². The second kappa shape index (κ2) is 12.3. The Kier molecular flexibility index (Phi) is 9.25. The number of urea groups is 1. The number of halogens is 2. The maximum atomic E-state index is 14.2. The molecule has 1 saturated carbocycles. The first-order valence-electron chi connectivity index (χ1n) is 13.8. The van der Waals surface area contributed by atoms with Crippen molar-refractivity contribution >= 4 is 46.7 Å². The first-order chi connectivity index (χ1) is 18.5. The number of carbonyl (C=O) groups is 3. The summed E-state index contributed by atoms with van der Waals surface area (Å²) in [5.74, 6) is -0.546. The summed E-state index contributed by atoms with van der Waals surface area (Å²) in [7, 11) is 0. The molecule has 2 aromatic rings. The average molecular weight is 574 g/mol. The monoisotopic (exact) mass is 572 g/mol. The molecule has 2 aromatic carbocycles. The van der Waals surface area contributed by atoms with Gasteiger partial charge in [0.15, 0.2) is 0 Å². The molecule has 0 radical (unpaired) electrons. The van der Waals surface area contributed by atoms with Crippen LogP contribution in [0.5, 0.6) is 0 Å². The zero-order valence-corrected chi connectivity index (χ0v) is 24.6. The van der Waals surface area contributed by atoms with Crippen LogP contribution >= 0.6 is 23.2 Å². The molecule has 1 heterocycles. The van der Waals surface area contributed by atoms with E-state index in [1.807, 2.05) is 52.0 Å². The fourth-order valence-electron chi connectivity index (χ4n) is 5.98. The van der Waals surface area contributed by atoms with Crippen LogP contribution in [-0.4, -0.2) is 52.3 Å². The topological polar surface area (TPSA) is 81.8 Å². The van der Waals surface area contributed by atoms with Crippen molar-refractivity contribution in [2.45, 2.75) is 89.9 Å². The molecule has 0 spiro atoms. The first-order valence-corrected chi connectivity index (χ1v) is 14.5. The van der Waals surface area contributed by atoms with Gasteiger partial charge in [-0.25, -0.2) is 4.79 Å². The normalized spacial score (nSPS) is 19.4. The van der Waals surface area contributed by atoms with Crippen molar-refractivity contribution in [3.63, 3.8) is 0 Å². The van der Waals surface area contributed by atoms with E-state index in [4.69, 9.17) is 23.2 Å². The van der Waals surface area contributed by atoms with Crippen LogP contribution in [0, 0.1) is 0 Å². The second-order valence-electron chi connectivity index (χ2n) is 11.2. The molecule has 1 atom stereocenters. The Morgan fingerprint density at radius 3 is 2.36 bits per heavy atom. The molecule has 0 saturated heterocycles. The summed E-state index contributed by atoms with van der Waals surface area (Å²) < 4.78 is 0. The summed E-state index contributed by atoms with van der Waals surface area (Å²) in [6.07, 6.45) is 5.19. The highest BCUT2D eigenvalue weighted by Gasteiger charge is 2.54. The van der Waals surface area contributed by atoms with Gasteiger partial charge in [-0.15, -0.1) is 0 Å². The van der Waals surface area contributed by atoms with Crippen LogP contribution in [0.2, 0.25) is 10.0 Å². The highest BCUT2D eigenvalue weighted by Crippen LogP contribution is 2.46. The molecule has 0 bridgehead atoms. The van der Waals surface area contributed by atoms with Gasteiger partial charge >= 0.3 is 6.03 Å². The maximum absolute atomic E-state index is 14.2. The number of hydrogen-bond acceptors (Lipinski definition) is 4. The van der Waals surface area contributed by atoms with Crippen LogP contribution in [0.25, 0.3) is 0 Å². The zero-order valence-electron chi connectivity index (χ0n) is 23.1. The fourth-order valence-corrected chi connectivity index (χ4v) is 6.36. The number of nitrogens with zero attached hydrogens (tertiary/aromatic N) is 2. The summed E-state index contributed by atoms with van der Waals surface area (Å²) in [5, 5.41) is 7.00. The third-order valence-electron chi connectivity index (χ3n) is 7.63. The predicted molar refractivity (Wildman–Crippen MR) is 156 cm³/mol. The van der Waals surface area contributed by atoms with E-state index in [1.165, 1.54) is 4.90 Å². The van der Waals surface area contributed by atoms with Gasteiger partial charge in [0.1, 0.15) is 5.54 Å². The van der Waals surface area contributed by atoms with Gasteiger partial charge in [-0.3, -0.25) is 19.4 Å². The van der Waals surface area contributed by atoms with Crippen LogP contribution in [0.15, 0.2) is 42.5 Å². The SMILES string of the molecule is CC(C)NC(=O)N(C(=O)CN(C1CCCCC1)C1(Cc2cccc(Cl)c2)C(=O)Nc2cc(Cl)ccc21)C(C)C. The van der Waals surface area contributed by atoms with Gasteiger partial charge in [0, 0.05) is 45.8 Å². The van der Waals surface area contributed by atoms with Crippen LogP contribution in [-0.2, 0) is 21.5 Å². The quantitative estimate of drug-likeness (QED) is 0.385. The van der Waals surface area contributed by atoms with E-state index in [0.29, 0.717) is 22.2 Å². The van der Waals surface area contributed by atoms with E-state index >= 15 is 0 Å². The fraction of sp³-hybridized carbons (Fsp3) is 0.500. The lowest BCUT2D eigenvalue weighted by Crippen LogP contribution is -2.61. The molecule has 1 aliphatic heterocycles. The summed E-state index contributed by atoms with van der Waals surface area (Å²) in [6.45, 7) is 7.29. The summed E-state index contributed by atoms with van der Waals surface area (Å²) >= 11 is 12.7. The summed E-state index contributed by atoms with van der Waals surface area (Å²) in [4.78, 5) is 44.6. The lowest BCUT2D eigenvalue weighted by molar-refractivity contribution is -0.139. The number of nitrogens with one attached hydrogen (secondary N) is 2. The molecule has 9 heteroatoms. The molecule has 1 unspecified atom stereocenters. The number of hydrogen-bond donors (Lipinski definition) is 2. The van der Waals surface area contributed by atoms with Crippen molar-refractivity contribution in [3.05, 3.63) is 63.6 Å². The Bertz CT molecular complexity index is 1230. The van der Waals surface area contributed by atoms with E-state index in [-0.39, 0.29) is 36.5 Å². The van der Waals surface area contributed by atoms with E-state index < -0.39 is 11.6 Å². The van der Waals surface area contributed by atoms with Crippen molar-refractivity contribution in [1.82, 2.24) is 15.1 Å². The molecular formula is C30H38Cl2N4O3. The Morgan fingerprint density at radius 1 is 1.03 bits per heavy atom. The third-order valence-corrected chi connectivity index (χ3v) is 8.10. The van der Waals surface area contributed by atoms with Crippen LogP contribution in [0.4, 0.5) is 10.5 Å². The van der Waals surface area contributed by atoms with Gasteiger partial charge in [-0.1, -0.05) is 60.7 Å². The summed E-state index contributed by atoms with van der Waals surface area (Å²) in [6, 6.07) is 12.0. The van der Waals surface area contributed by atoms with Crippen LogP contribution < -0.4 is 10.6 Å². The number of fused-ring (bicyclic) bond motifs is 1. The van der Waals surface area contributed by atoms with E-state index in [9.17, 15) is 14.4 Å². The van der Waals surface area contributed by atoms with Gasteiger partial charge in [-0.05, 0) is 70.4 Å². The van der Waals surface area contributed by atoms with Crippen molar-refractivity contribution in [2.24, 2.45) is 0 Å². The van der Waals surface area contributed by atoms with E-state index in [1.54, 1.807) is 18.2 Å². The van der Waals surface area contributed by atoms with Crippen molar-refractivity contribution in [2.75, 3.05) is 11.9 Å². The molecular weight excluding hydrogens is 535 g/mol. The van der Waals surface area contributed by atoms with Gasteiger partial charge in [0.2, 0.25) is 11.8 Å². The minimum Gasteiger partial charge on any atom is -0.335 e. The van der Waals surface area contributed by atoms with Crippen molar-refractivity contribution in [3.8, 4) is 0 Å². The molecule has 1 aliphatic carbocycles. The molecule has 4 amide bonds. The van der Waals surface area contributed by atoms with Gasteiger partial charge in [0.05, 0.1) is 6.54 Å². The first kappa shape index (κ1) is 29.4. The number of rotatable bonds is 8. The van der Waals surface area contributed by atoms with Gasteiger partial charge in [-0.2, -0.15) is 0 Å². The molecule has 4 rings (SSSR count). The molecule has 39 heavy (non-hydrogen) atoms. The minimum absolute atomic E-state index is 0.0172. The third kappa shape index (κ3) is 6.26. The Balaban J connectivity index is 1.84. The number of benzene rings is 2. The van der Waals surface area contributed by atoms with Gasteiger partial charge in [0.25, 0.3) is 0 Å². The Hall–Kier alpha value is -2.61. The predicted octanol–water partition coefficient (Wildman–Crippen LogP) is 6.37. The zero-order chi connectivity index (χ0) is 28.3. The number of amides is 4. The molecule has 7 nitrogen and oxygen atoms in total. The standard InChI is InChI=1S/C30H38Cl2N4O3/c1-19(2)33-29(39)36(20(3)4)27(37)18-35(24-11-6-5-7-12-24)30(17-21-9-8-10-22(31)15-21)25-14-13-23(32)16-26(25)34-28(30)38/h8-10,13-16,19-20,24H,5-7,11-12,17-18H2,1-4H3,(H,33,39)(H,34,38). The largest absolute Gasteiger partial charge is 0.335 e. The van der Waals surface area contributed by atoms with Crippen LogP contribution in [0.1, 0.15) is 70.9 Å². The Morgan fingerprint density at radius 2 is 1.72 bits per heavy atom. The minimum atomic E-state index is -1.18. The molecule has 1 fully saturated rings. The highest BCUT2D eigenvalue weighted by molar-refractivity contribution is 6.31. The van der Waals surface area contributed by atoms with E-state index in [2.05, 4.69) is 15.5 Å². The van der Waals surface area contributed by atoms with Crippen molar-refractivity contribution in [1.29, 1.82) is 0 Å². The van der Waals surface area contributed by atoms with E-state index in [0.717, 1.165) is 43.2 Å². The lowest BCUT2D eigenvalue weighted by Gasteiger charge is -2.46. The second-order valence-corrected chi connectivity index (χ2v) is 12.1. The highest BCUT2D eigenvalue weighted by atomic mass is 35.5. The lowest BCUT2D eigenvalue weighted by atomic mass is 9.80. The molecule has 0 aromatic heterocycles.